The molecule has 0 aliphatic carbocycles. The number of rotatable bonds is 22. The van der Waals surface area contributed by atoms with E-state index in [2.05, 4.69) is 53.3 Å². The number of aliphatic hydroxyl groups is 6. The van der Waals surface area contributed by atoms with Crippen molar-refractivity contribution >= 4 is 17.9 Å². The van der Waals surface area contributed by atoms with Crippen LogP contribution in [0, 0.1) is 72.6 Å². The first-order valence-electron chi connectivity index (χ1n) is 19.1. The number of ether oxygens (including phenoxy) is 1. The molecule has 13 heteroatoms. The summed E-state index contributed by atoms with van der Waals surface area (Å²) in [6.45, 7) is 3.59. The molecule has 0 fully saturated rings. The first kappa shape index (κ1) is 62.6. The number of carbonyl (C=O) groups excluding carboxylic acids is 2. The smallest absolute Gasteiger partial charge is 0.550 e. The minimum atomic E-state index is -1.13. The van der Waals surface area contributed by atoms with E-state index >= 15 is 0 Å². The molecule has 0 aromatic heterocycles. The number of aliphatic hydroxyl groups excluding tert-OH is 6. The number of esters is 1. The third-order valence-corrected chi connectivity index (χ3v) is 6.55. The van der Waals surface area contributed by atoms with Gasteiger partial charge in [-0.05, 0) is 77.0 Å². The molecule has 0 aliphatic rings. The standard InChI is InChI=1S/C18H24O4.2C15H18O4.Na/c1-4-10-16(19)11-7-5-6-8-12-17(20)13-9-14-18(21)22-15(2)3;2*1-2-8-13(16)9-5-3-4-6-10-14(17)11-7-12-15(18)19;/h1,5-7,11,15-17,19-20H,9-10,13-14H2,2-3H3;2*1,3-5,9,13-14,16-17H,7-8,11-12H2,(H,18,19);/q;;;+1/p-1/b6-5+,11-7+;2*4-3+,9-5+;/t16-,17-;2*13-,14-;/m111./s1. The number of hydrogen-bond donors (Lipinski definition) is 7. The van der Waals surface area contributed by atoms with Gasteiger partial charge in [0.05, 0.1) is 24.4 Å². The third kappa shape index (κ3) is 55.0. The van der Waals surface area contributed by atoms with Gasteiger partial charge in [-0.3, -0.25) is 9.59 Å². The Morgan fingerprint density at radius 3 is 1.20 bits per heavy atom. The van der Waals surface area contributed by atoms with Crippen LogP contribution < -0.4 is 34.7 Å². The Labute approximate surface area is 384 Å². The van der Waals surface area contributed by atoms with Gasteiger partial charge >= 0.3 is 41.5 Å². The second-order valence-corrected chi connectivity index (χ2v) is 12.6. The van der Waals surface area contributed by atoms with Crippen LogP contribution in [0.4, 0.5) is 0 Å². The fourth-order valence-electron chi connectivity index (χ4n) is 3.75. The zero-order chi connectivity index (χ0) is 45.8. The van der Waals surface area contributed by atoms with Crippen LogP contribution in [-0.4, -0.2) is 96.4 Å². The molecule has 12 nitrogen and oxygen atoms in total. The molecule has 0 bridgehead atoms. The number of allylic oxidation sites excluding steroid dienone is 9. The summed E-state index contributed by atoms with van der Waals surface area (Å²) < 4.78 is 4.99. The van der Waals surface area contributed by atoms with Crippen LogP contribution in [0.25, 0.3) is 0 Å². The minimum Gasteiger partial charge on any atom is -0.550 e. The van der Waals surface area contributed by atoms with E-state index in [0.29, 0.717) is 38.5 Å². The Morgan fingerprint density at radius 2 is 0.902 bits per heavy atom. The fraction of sp³-hybridized carbons (Fsp3) is 0.438. The number of carbonyl (C=O) groups is 3. The largest absolute Gasteiger partial charge is 1.00 e. The molecule has 0 radical (unpaired) electrons. The Bertz CT molecular complexity index is 1630. The van der Waals surface area contributed by atoms with Crippen LogP contribution in [0.1, 0.15) is 90.9 Å². The zero-order valence-electron chi connectivity index (χ0n) is 35.4. The summed E-state index contributed by atoms with van der Waals surface area (Å²) in [4.78, 5) is 31.7. The summed E-state index contributed by atoms with van der Waals surface area (Å²) in [5.74, 6) is 20.4. The first-order valence-corrected chi connectivity index (χ1v) is 19.1. The third-order valence-electron chi connectivity index (χ3n) is 6.55. The van der Waals surface area contributed by atoms with Crippen molar-refractivity contribution in [3.05, 3.63) is 72.9 Å². The minimum absolute atomic E-state index is 0. The number of aliphatic carboxylic acids is 2. The van der Waals surface area contributed by atoms with Gasteiger partial charge in [0.2, 0.25) is 0 Å². The molecular formula is C48H59NaO12. The molecule has 0 aromatic rings. The summed E-state index contributed by atoms with van der Waals surface area (Å²) in [5, 5.41) is 74.7. The Balaban J connectivity index is -0.000000398. The molecule has 0 rings (SSSR count). The van der Waals surface area contributed by atoms with Crippen molar-refractivity contribution in [3.8, 4) is 72.6 Å². The second-order valence-electron chi connectivity index (χ2n) is 12.6. The zero-order valence-corrected chi connectivity index (χ0v) is 37.4. The molecule has 0 unspecified atom stereocenters. The van der Waals surface area contributed by atoms with E-state index in [0.717, 1.165) is 0 Å². The number of carboxylic acid groups (broad SMARTS) is 2. The number of carboxylic acids is 2. The van der Waals surface area contributed by atoms with Gasteiger partial charge in [-0.2, -0.15) is 0 Å². The van der Waals surface area contributed by atoms with Crippen molar-refractivity contribution in [1.29, 1.82) is 0 Å². The van der Waals surface area contributed by atoms with Gasteiger partial charge in [0.1, 0.15) is 18.3 Å². The van der Waals surface area contributed by atoms with Gasteiger partial charge in [0.15, 0.2) is 0 Å². The Morgan fingerprint density at radius 1 is 0.574 bits per heavy atom. The number of hydrogen-bond acceptors (Lipinski definition) is 11. The molecule has 0 aromatic carbocycles. The van der Waals surface area contributed by atoms with E-state index < -0.39 is 48.6 Å². The van der Waals surface area contributed by atoms with E-state index in [-0.39, 0.29) is 80.2 Å². The first-order chi connectivity index (χ1) is 28.6. The SMILES string of the molecule is C#CC[C@@H](O)/C=C/C=C/C#C[C@@H](O)CCCC(=O)O.C#CC[C@@H](O)/C=C/C=C/C#C[C@@H](O)CCCC(=O)OC(C)C.C#CC[C@@H](O)/C=C/C=C/C#C[C@@H](O)CCCC(=O)[O-].[Na+]. The molecule has 0 saturated heterocycles. The average molecular weight is 851 g/mol. The maximum absolute atomic E-state index is 11.3. The van der Waals surface area contributed by atoms with Crippen molar-refractivity contribution < 1.29 is 89.5 Å². The predicted molar refractivity (Wildman–Crippen MR) is 230 cm³/mol. The van der Waals surface area contributed by atoms with Gasteiger partial charge in [0, 0.05) is 38.1 Å². The Kier molecular flexibility index (Phi) is 47.3. The van der Waals surface area contributed by atoms with Crippen molar-refractivity contribution in [1.82, 2.24) is 0 Å². The molecule has 0 spiro atoms. The molecule has 6 atom stereocenters. The summed E-state index contributed by atoms with van der Waals surface area (Å²) in [5.41, 5.74) is 0. The summed E-state index contributed by atoms with van der Waals surface area (Å²) in [7, 11) is 0. The summed E-state index contributed by atoms with van der Waals surface area (Å²) in [6.07, 6.45) is 32.9. The van der Waals surface area contributed by atoms with Gasteiger partial charge < -0.3 is 50.4 Å². The van der Waals surface area contributed by atoms with Crippen LogP contribution in [0.3, 0.4) is 0 Å². The molecule has 0 heterocycles. The van der Waals surface area contributed by atoms with Gasteiger partial charge in [-0.25, -0.2) is 0 Å². The van der Waals surface area contributed by atoms with Crippen molar-refractivity contribution in [2.75, 3.05) is 0 Å². The Hall–Kier alpha value is -5.03. The van der Waals surface area contributed by atoms with E-state index in [1.807, 2.05) is 0 Å². The average Bonchev–Trinajstić information content (AvgIpc) is 3.16. The normalized spacial score (nSPS) is 13.5. The van der Waals surface area contributed by atoms with E-state index in [1.54, 1.807) is 68.5 Å². The molecule has 0 amide bonds. The quantitative estimate of drug-likeness (QED) is 0.0327. The van der Waals surface area contributed by atoms with E-state index in [1.165, 1.54) is 18.2 Å². The topological polar surface area (TPSA) is 225 Å². The predicted octanol–water partition coefficient (Wildman–Crippen LogP) is -0.157. The van der Waals surface area contributed by atoms with E-state index in [9.17, 15) is 50.1 Å². The maximum atomic E-state index is 11.3. The van der Waals surface area contributed by atoms with Gasteiger partial charge in [-0.15, -0.1) is 37.0 Å². The monoisotopic (exact) mass is 850 g/mol. The molecule has 324 valence electrons. The molecule has 7 N–H and O–H groups in total. The maximum Gasteiger partial charge on any atom is 1.00 e. The van der Waals surface area contributed by atoms with Gasteiger partial charge in [0.25, 0.3) is 0 Å². The summed E-state index contributed by atoms with van der Waals surface area (Å²) in [6, 6.07) is 0. The van der Waals surface area contributed by atoms with Crippen molar-refractivity contribution in [3.63, 3.8) is 0 Å². The van der Waals surface area contributed by atoms with Crippen molar-refractivity contribution in [2.24, 2.45) is 0 Å². The molecule has 0 saturated carbocycles. The van der Waals surface area contributed by atoms with Crippen LogP contribution in [-0.2, 0) is 19.1 Å². The number of terminal acetylenes is 3. The molecule has 61 heavy (non-hydrogen) atoms. The molecular weight excluding hydrogens is 792 g/mol. The molecule has 0 aliphatic heterocycles. The van der Waals surface area contributed by atoms with Crippen LogP contribution >= 0.6 is 0 Å². The van der Waals surface area contributed by atoms with Crippen LogP contribution in [0.5, 0.6) is 0 Å². The van der Waals surface area contributed by atoms with Crippen LogP contribution in [0.15, 0.2) is 72.9 Å². The van der Waals surface area contributed by atoms with E-state index in [4.69, 9.17) is 29.1 Å². The summed E-state index contributed by atoms with van der Waals surface area (Å²) >= 11 is 0. The van der Waals surface area contributed by atoms with Crippen molar-refractivity contribution in [2.45, 2.75) is 134 Å². The van der Waals surface area contributed by atoms with Crippen LogP contribution in [0.2, 0.25) is 0 Å². The van der Waals surface area contributed by atoms with Gasteiger partial charge in [-0.1, -0.05) is 90.2 Å². The fourth-order valence-corrected chi connectivity index (χ4v) is 3.75. The second kappa shape index (κ2) is 46.0.